The Morgan fingerprint density at radius 2 is 1.81 bits per heavy atom. The van der Waals surface area contributed by atoms with E-state index < -0.39 is 0 Å². The van der Waals surface area contributed by atoms with E-state index in [0.29, 0.717) is 12.0 Å². The van der Waals surface area contributed by atoms with Gasteiger partial charge in [0.25, 0.3) is 5.91 Å². The number of likely N-dealkylation sites (tertiary alicyclic amines) is 1. The number of hydrogen-bond donors (Lipinski definition) is 2. The van der Waals surface area contributed by atoms with Crippen molar-refractivity contribution < 1.29 is 4.79 Å². The zero-order valence-corrected chi connectivity index (χ0v) is 19.0. The molecule has 0 radical (unpaired) electrons. The number of benzene rings is 1. The van der Waals surface area contributed by atoms with Gasteiger partial charge in [-0.3, -0.25) is 4.79 Å². The first kappa shape index (κ1) is 26.0. The van der Waals surface area contributed by atoms with Crippen LogP contribution in [0.1, 0.15) is 56.0 Å². The highest BCUT2D eigenvalue weighted by Crippen LogP contribution is 2.25. The second-order valence-corrected chi connectivity index (χ2v) is 7.78. The molecule has 2 N–H and O–H groups in total. The fraction of sp³-hybridized carbons (Fsp3) is 0.667. The molecule has 0 saturated carbocycles. The third-order valence-electron chi connectivity index (χ3n) is 5.65. The first-order valence-corrected chi connectivity index (χ1v) is 9.74. The molecule has 1 fully saturated rings. The topological polar surface area (TPSA) is 44.4 Å². The van der Waals surface area contributed by atoms with Crippen LogP contribution in [0.4, 0.5) is 5.69 Å². The lowest BCUT2D eigenvalue weighted by Crippen LogP contribution is -2.39. The third kappa shape index (κ3) is 7.17. The quantitative estimate of drug-likeness (QED) is 0.671. The van der Waals surface area contributed by atoms with Gasteiger partial charge in [-0.25, -0.2) is 0 Å². The van der Waals surface area contributed by atoms with Crippen molar-refractivity contribution in [3.63, 3.8) is 0 Å². The van der Waals surface area contributed by atoms with Gasteiger partial charge in [-0.15, -0.1) is 24.8 Å². The predicted molar refractivity (Wildman–Crippen MR) is 121 cm³/mol. The number of halogens is 2. The van der Waals surface area contributed by atoms with E-state index in [-0.39, 0.29) is 30.7 Å². The van der Waals surface area contributed by atoms with Gasteiger partial charge in [0.1, 0.15) is 0 Å². The van der Waals surface area contributed by atoms with Gasteiger partial charge < -0.3 is 15.5 Å². The minimum absolute atomic E-state index is 0. The van der Waals surface area contributed by atoms with Crippen LogP contribution in [0.5, 0.6) is 0 Å². The van der Waals surface area contributed by atoms with Crippen molar-refractivity contribution in [3.05, 3.63) is 29.3 Å². The molecule has 1 heterocycles. The van der Waals surface area contributed by atoms with E-state index in [1.54, 1.807) is 0 Å². The molecule has 1 saturated heterocycles. The van der Waals surface area contributed by atoms with Gasteiger partial charge in [0.15, 0.2) is 0 Å². The Morgan fingerprint density at radius 1 is 1.19 bits per heavy atom. The Bertz CT molecular complexity index is 573. The summed E-state index contributed by atoms with van der Waals surface area (Å²) in [4.78, 5) is 15.0. The molecule has 1 aliphatic heterocycles. The van der Waals surface area contributed by atoms with Crippen LogP contribution in [-0.4, -0.2) is 43.5 Å². The lowest BCUT2D eigenvalue weighted by Gasteiger charge is -2.32. The second-order valence-electron chi connectivity index (χ2n) is 7.78. The highest BCUT2D eigenvalue weighted by atomic mass is 35.5. The molecule has 4 nitrogen and oxygen atoms in total. The number of anilines is 1. The molecule has 1 unspecified atom stereocenters. The smallest absolute Gasteiger partial charge is 0.254 e. The summed E-state index contributed by atoms with van der Waals surface area (Å²) >= 11 is 0. The summed E-state index contributed by atoms with van der Waals surface area (Å²) < 4.78 is 0. The van der Waals surface area contributed by atoms with Crippen LogP contribution in [-0.2, 0) is 0 Å². The number of piperidine rings is 1. The van der Waals surface area contributed by atoms with E-state index >= 15 is 0 Å². The zero-order chi connectivity index (χ0) is 18.4. The average molecular weight is 418 g/mol. The van der Waals surface area contributed by atoms with Crippen molar-refractivity contribution in [2.45, 2.75) is 53.0 Å². The number of nitrogens with zero attached hydrogens (tertiary/aromatic N) is 1. The molecule has 1 aromatic rings. The Balaban J connectivity index is 0.00000338. The van der Waals surface area contributed by atoms with E-state index in [1.165, 1.54) is 6.42 Å². The van der Waals surface area contributed by atoms with E-state index in [0.717, 1.165) is 55.2 Å². The molecule has 0 aromatic heterocycles. The maximum absolute atomic E-state index is 13.0. The number of hydrogen-bond acceptors (Lipinski definition) is 3. The van der Waals surface area contributed by atoms with E-state index in [1.807, 2.05) is 24.1 Å². The Hall–Kier alpha value is -0.970. The van der Waals surface area contributed by atoms with Crippen LogP contribution in [0.15, 0.2) is 18.2 Å². The standard InChI is InChI=1S/C21H35N3O.2ClH/c1-15(2)17(4)23-20-8-6-7-19(16(20)3)21(25)24-13-10-18(11-14-24)9-12-22-5;;/h6-8,15,17-18,22-23H,9-14H2,1-5H3;2*1H. The van der Waals surface area contributed by atoms with Crippen molar-refractivity contribution in [2.75, 3.05) is 32.0 Å². The minimum Gasteiger partial charge on any atom is -0.382 e. The monoisotopic (exact) mass is 417 g/mol. The third-order valence-corrected chi connectivity index (χ3v) is 5.65. The first-order chi connectivity index (χ1) is 11.9. The van der Waals surface area contributed by atoms with Crippen molar-refractivity contribution >= 4 is 36.4 Å². The Kier molecular flexibility index (Phi) is 12.0. The van der Waals surface area contributed by atoms with Gasteiger partial charge in [0.2, 0.25) is 0 Å². The maximum atomic E-state index is 13.0. The lowest BCUT2D eigenvalue weighted by molar-refractivity contribution is 0.0686. The van der Waals surface area contributed by atoms with Gasteiger partial charge in [0.05, 0.1) is 0 Å². The summed E-state index contributed by atoms with van der Waals surface area (Å²) in [6.45, 7) is 11.5. The molecule has 0 aliphatic carbocycles. The highest BCUT2D eigenvalue weighted by Gasteiger charge is 2.25. The second kappa shape index (κ2) is 12.5. The van der Waals surface area contributed by atoms with Crippen LogP contribution in [0.2, 0.25) is 0 Å². The number of rotatable bonds is 7. The van der Waals surface area contributed by atoms with Crippen LogP contribution in [0.3, 0.4) is 0 Å². The Morgan fingerprint density at radius 3 is 2.37 bits per heavy atom. The fourth-order valence-electron chi connectivity index (χ4n) is 3.38. The summed E-state index contributed by atoms with van der Waals surface area (Å²) in [6.07, 6.45) is 3.45. The van der Waals surface area contributed by atoms with E-state index in [2.05, 4.69) is 44.4 Å². The zero-order valence-electron chi connectivity index (χ0n) is 17.4. The molecule has 1 atom stereocenters. The van der Waals surface area contributed by atoms with E-state index in [9.17, 15) is 4.79 Å². The first-order valence-electron chi connectivity index (χ1n) is 9.74. The number of nitrogens with one attached hydrogen (secondary N) is 2. The van der Waals surface area contributed by atoms with Crippen LogP contribution in [0, 0.1) is 18.8 Å². The molecule has 0 bridgehead atoms. The normalized spacial score (nSPS) is 15.7. The summed E-state index contributed by atoms with van der Waals surface area (Å²) in [7, 11) is 2.00. The summed E-state index contributed by atoms with van der Waals surface area (Å²) in [5.41, 5.74) is 2.99. The van der Waals surface area contributed by atoms with Crippen LogP contribution in [0.25, 0.3) is 0 Å². The largest absolute Gasteiger partial charge is 0.382 e. The molecule has 6 heteroatoms. The fourth-order valence-corrected chi connectivity index (χ4v) is 3.38. The lowest BCUT2D eigenvalue weighted by atomic mass is 9.93. The maximum Gasteiger partial charge on any atom is 0.254 e. The summed E-state index contributed by atoms with van der Waals surface area (Å²) in [6, 6.07) is 6.42. The SMILES string of the molecule is CNCCC1CCN(C(=O)c2cccc(NC(C)C(C)C)c2C)CC1.Cl.Cl. The molecule has 27 heavy (non-hydrogen) atoms. The molecule has 2 rings (SSSR count). The molecule has 156 valence electrons. The minimum atomic E-state index is 0. The van der Waals surface area contributed by atoms with Crippen molar-refractivity contribution in [1.82, 2.24) is 10.2 Å². The van der Waals surface area contributed by atoms with Crippen molar-refractivity contribution in [1.29, 1.82) is 0 Å². The number of carbonyl (C=O) groups excluding carboxylic acids is 1. The molecule has 1 aromatic carbocycles. The number of carbonyl (C=O) groups is 1. The van der Waals surface area contributed by atoms with Gasteiger partial charge >= 0.3 is 0 Å². The van der Waals surface area contributed by atoms with E-state index in [4.69, 9.17) is 0 Å². The predicted octanol–water partition coefficient (Wildman–Crippen LogP) is 4.76. The molecular weight excluding hydrogens is 381 g/mol. The molecule has 1 amide bonds. The van der Waals surface area contributed by atoms with Crippen LogP contribution >= 0.6 is 24.8 Å². The molecule has 0 spiro atoms. The van der Waals surface area contributed by atoms with Gasteiger partial charge in [-0.1, -0.05) is 19.9 Å². The molecule has 1 aliphatic rings. The van der Waals surface area contributed by atoms with Crippen molar-refractivity contribution in [2.24, 2.45) is 11.8 Å². The van der Waals surface area contributed by atoms with Crippen molar-refractivity contribution in [3.8, 4) is 0 Å². The highest BCUT2D eigenvalue weighted by molar-refractivity contribution is 5.97. The Labute approximate surface area is 177 Å². The van der Waals surface area contributed by atoms with Gasteiger partial charge in [-0.05, 0) is 76.2 Å². The molecular formula is C21H37Cl2N3O. The summed E-state index contributed by atoms with van der Waals surface area (Å²) in [5.74, 6) is 1.48. The number of amides is 1. The van der Waals surface area contributed by atoms with Gasteiger partial charge in [-0.2, -0.15) is 0 Å². The summed E-state index contributed by atoms with van der Waals surface area (Å²) in [5, 5.41) is 6.78. The van der Waals surface area contributed by atoms with Crippen LogP contribution < -0.4 is 10.6 Å². The van der Waals surface area contributed by atoms with Gasteiger partial charge in [0, 0.05) is 30.4 Å². The average Bonchev–Trinajstić information content (AvgIpc) is 2.61.